The maximum atomic E-state index is 12.5. The Hall–Kier alpha value is -2.40. The molecular formula is C17H18N2O3. The van der Waals surface area contributed by atoms with Crippen LogP contribution in [0.5, 0.6) is 0 Å². The van der Waals surface area contributed by atoms with E-state index in [0.717, 1.165) is 5.56 Å². The summed E-state index contributed by atoms with van der Waals surface area (Å²) in [5.41, 5.74) is 2.03. The summed E-state index contributed by atoms with van der Waals surface area (Å²) in [4.78, 5) is 28.5. The van der Waals surface area contributed by atoms with Gasteiger partial charge in [0, 0.05) is 18.3 Å². The minimum absolute atomic E-state index is 0.0561. The van der Waals surface area contributed by atoms with Crippen molar-refractivity contribution in [3.8, 4) is 0 Å². The van der Waals surface area contributed by atoms with Gasteiger partial charge in [0.05, 0.1) is 13.2 Å². The number of aromatic nitrogens is 1. The van der Waals surface area contributed by atoms with Crippen LogP contribution in [0.1, 0.15) is 39.4 Å². The minimum Gasteiger partial charge on any atom is -0.370 e. The van der Waals surface area contributed by atoms with Crippen LogP contribution in [0.4, 0.5) is 0 Å². The molecule has 114 valence electrons. The molecule has 0 bridgehead atoms. The highest BCUT2D eigenvalue weighted by atomic mass is 16.5. The number of carbonyl (C=O) groups is 2. The minimum atomic E-state index is -0.110. The molecule has 5 heteroatoms. The highest BCUT2D eigenvalue weighted by Crippen LogP contribution is 2.23. The fourth-order valence-electron chi connectivity index (χ4n) is 2.59. The molecule has 1 atom stereocenters. The van der Waals surface area contributed by atoms with Crippen molar-refractivity contribution in [1.29, 1.82) is 0 Å². The predicted molar refractivity (Wildman–Crippen MR) is 81.8 cm³/mol. The number of H-pyrrole nitrogens is 1. The number of nitrogens with one attached hydrogen (secondary N) is 1. The molecule has 0 saturated carbocycles. The molecule has 1 N–H and O–H groups in total. The van der Waals surface area contributed by atoms with E-state index in [1.54, 1.807) is 17.2 Å². The molecule has 0 spiro atoms. The van der Waals surface area contributed by atoms with Crippen LogP contribution in [0.25, 0.3) is 0 Å². The molecule has 1 aromatic heterocycles. The van der Waals surface area contributed by atoms with Crippen LogP contribution >= 0.6 is 0 Å². The lowest BCUT2D eigenvalue weighted by Gasteiger charge is -2.33. The zero-order chi connectivity index (χ0) is 15.5. The fraction of sp³-hybridized carbons (Fsp3) is 0.294. The Balaban J connectivity index is 1.73. The number of hydrogen-bond donors (Lipinski definition) is 1. The Morgan fingerprint density at radius 2 is 2.05 bits per heavy atom. The van der Waals surface area contributed by atoms with Gasteiger partial charge in [0.1, 0.15) is 11.8 Å². The molecule has 5 nitrogen and oxygen atoms in total. The molecule has 1 fully saturated rings. The van der Waals surface area contributed by atoms with E-state index in [1.165, 1.54) is 6.92 Å². The molecule has 3 rings (SSSR count). The maximum absolute atomic E-state index is 12.5. The fourth-order valence-corrected chi connectivity index (χ4v) is 2.59. The van der Waals surface area contributed by atoms with Gasteiger partial charge >= 0.3 is 0 Å². The molecule has 1 aromatic carbocycles. The summed E-state index contributed by atoms with van der Waals surface area (Å²) in [6.45, 7) is 3.05. The van der Waals surface area contributed by atoms with Crippen molar-refractivity contribution in [2.45, 2.75) is 13.0 Å². The number of hydrogen-bond acceptors (Lipinski definition) is 3. The van der Waals surface area contributed by atoms with Crippen LogP contribution in [0, 0.1) is 0 Å². The van der Waals surface area contributed by atoms with Crippen molar-refractivity contribution in [2.24, 2.45) is 0 Å². The number of carbonyl (C=O) groups excluding carboxylic acids is 2. The average molecular weight is 298 g/mol. The van der Waals surface area contributed by atoms with Crippen LogP contribution in [0.2, 0.25) is 0 Å². The predicted octanol–water partition coefficient (Wildman–Crippen LogP) is 2.43. The molecule has 0 unspecified atom stereocenters. The molecule has 1 aliphatic rings. The molecule has 22 heavy (non-hydrogen) atoms. The molecule has 0 radical (unpaired) electrons. The third-order valence-electron chi connectivity index (χ3n) is 3.84. The quantitative estimate of drug-likeness (QED) is 0.885. The smallest absolute Gasteiger partial charge is 0.270 e. The van der Waals surface area contributed by atoms with Gasteiger partial charge in [0.25, 0.3) is 5.91 Å². The summed E-state index contributed by atoms with van der Waals surface area (Å²) in [6.07, 6.45) is 1.46. The van der Waals surface area contributed by atoms with E-state index >= 15 is 0 Å². The van der Waals surface area contributed by atoms with Crippen LogP contribution < -0.4 is 0 Å². The molecule has 1 amide bonds. The monoisotopic (exact) mass is 298 g/mol. The Bertz CT molecular complexity index is 678. The van der Waals surface area contributed by atoms with Gasteiger partial charge in [-0.15, -0.1) is 0 Å². The number of aromatic amines is 1. The summed E-state index contributed by atoms with van der Waals surface area (Å²) in [5, 5.41) is 0. The van der Waals surface area contributed by atoms with E-state index in [0.29, 0.717) is 31.0 Å². The molecule has 0 aliphatic carbocycles. The summed E-state index contributed by atoms with van der Waals surface area (Å²) in [6, 6.07) is 11.5. The summed E-state index contributed by atoms with van der Waals surface area (Å²) >= 11 is 0. The number of nitrogens with zero attached hydrogens (tertiary/aromatic N) is 1. The summed E-state index contributed by atoms with van der Waals surface area (Å²) in [7, 11) is 0. The van der Waals surface area contributed by atoms with Gasteiger partial charge in [-0.3, -0.25) is 9.59 Å². The van der Waals surface area contributed by atoms with Crippen LogP contribution in [-0.4, -0.2) is 41.3 Å². The first-order valence-electron chi connectivity index (χ1n) is 7.30. The van der Waals surface area contributed by atoms with Crippen molar-refractivity contribution >= 4 is 11.7 Å². The van der Waals surface area contributed by atoms with Gasteiger partial charge < -0.3 is 14.6 Å². The third-order valence-corrected chi connectivity index (χ3v) is 3.84. The van der Waals surface area contributed by atoms with Gasteiger partial charge in [-0.1, -0.05) is 30.3 Å². The second kappa shape index (κ2) is 6.15. The molecule has 2 aromatic rings. The van der Waals surface area contributed by atoms with Crippen molar-refractivity contribution in [2.75, 3.05) is 19.7 Å². The number of rotatable bonds is 3. The van der Waals surface area contributed by atoms with E-state index in [9.17, 15) is 9.59 Å². The average Bonchev–Trinajstić information content (AvgIpc) is 3.05. The van der Waals surface area contributed by atoms with Crippen molar-refractivity contribution in [1.82, 2.24) is 9.88 Å². The van der Waals surface area contributed by atoms with E-state index in [2.05, 4.69) is 4.98 Å². The lowest BCUT2D eigenvalue weighted by molar-refractivity contribution is -0.0229. The van der Waals surface area contributed by atoms with E-state index in [1.807, 2.05) is 30.3 Å². The van der Waals surface area contributed by atoms with E-state index in [4.69, 9.17) is 4.74 Å². The topological polar surface area (TPSA) is 62.4 Å². The molecule has 1 saturated heterocycles. The van der Waals surface area contributed by atoms with Crippen molar-refractivity contribution < 1.29 is 14.3 Å². The molecule has 1 aliphatic heterocycles. The number of ether oxygens (including phenoxy) is 1. The van der Waals surface area contributed by atoms with Gasteiger partial charge in [-0.2, -0.15) is 0 Å². The second-order valence-corrected chi connectivity index (χ2v) is 5.38. The Labute approximate surface area is 128 Å². The van der Waals surface area contributed by atoms with Crippen molar-refractivity contribution in [3.05, 3.63) is 59.4 Å². The normalized spacial score (nSPS) is 18.2. The van der Waals surface area contributed by atoms with Crippen LogP contribution in [0.15, 0.2) is 42.6 Å². The Morgan fingerprint density at radius 1 is 1.27 bits per heavy atom. The number of ketones is 1. The number of benzene rings is 1. The highest BCUT2D eigenvalue weighted by Gasteiger charge is 2.26. The maximum Gasteiger partial charge on any atom is 0.270 e. The largest absolute Gasteiger partial charge is 0.370 e. The first-order chi connectivity index (χ1) is 10.6. The van der Waals surface area contributed by atoms with E-state index < -0.39 is 0 Å². The first kappa shape index (κ1) is 14.5. The lowest BCUT2D eigenvalue weighted by Crippen LogP contribution is -2.42. The first-order valence-corrected chi connectivity index (χ1v) is 7.30. The number of amides is 1. The SMILES string of the molecule is CC(=O)c1c[nH]c(C(=O)N2CCO[C@H](c3ccccc3)C2)c1. The standard InChI is InChI=1S/C17H18N2O3/c1-12(20)14-9-15(18-10-14)17(21)19-7-8-22-16(11-19)13-5-3-2-4-6-13/h2-6,9-10,16,18H,7-8,11H2,1H3/t16-/m0/s1. The zero-order valence-electron chi connectivity index (χ0n) is 12.4. The van der Waals surface area contributed by atoms with Gasteiger partial charge in [0.15, 0.2) is 5.78 Å². The number of Topliss-reactive ketones (excluding diaryl/α,β-unsaturated/α-hetero) is 1. The zero-order valence-corrected chi connectivity index (χ0v) is 12.4. The molecular weight excluding hydrogens is 280 g/mol. The van der Waals surface area contributed by atoms with Gasteiger partial charge in [0.2, 0.25) is 0 Å². The van der Waals surface area contributed by atoms with E-state index in [-0.39, 0.29) is 17.8 Å². The Kier molecular flexibility index (Phi) is 4.06. The number of morpholine rings is 1. The highest BCUT2D eigenvalue weighted by molar-refractivity contribution is 5.99. The van der Waals surface area contributed by atoms with Crippen LogP contribution in [0.3, 0.4) is 0 Å². The second-order valence-electron chi connectivity index (χ2n) is 5.38. The lowest BCUT2D eigenvalue weighted by atomic mass is 10.1. The van der Waals surface area contributed by atoms with Crippen molar-refractivity contribution in [3.63, 3.8) is 0 Å². The van der Waals surface area contributed by atoms with Gasteiger partial charge in [-0.25, -0.2) is 0 Å². The molecule has 2 heterocycles. The summed E-state index contributed by atoms with van der Waals surface area (Å²) in [5.74, 6) is -0.156. The third kappa shape index (κ3) is 2.94. The Morgan fingerprint density at radius 3 is 2.73 bits per heavy atom. The summed E-state index contributed by atoms with van der Waals surface area (Å²) < 4.78 is 5.77. The van der Waals surface area contributed by atoms with Crippen LogP contribution in [-0.2, 0) is 4.74 Å². The van der Waals surface area contributed by atoms with Gasteiger partial charge in [-0.05, 0) is 18.6 Å².